The SMILES string of the molecule is C=CC(=O)Cc1cc(-c2cnn(C)c2)ccc1Nc1ncc2c(n1)N(C)C(=O)N(c1cc(OC)cc(OC)c1)C2.C=CC(=O)NC1CCCCC1Nc1ncc2c(n1)N(C)C(=O)N(c1cc(OC)cc(OC)c1Cl)C2.C=CC(=O)Nc1ccccc1Nc1ncc2c(n1)N(C)C(=O)N(c1cc(OC)cc(OC)c1Cl)C2. The monoisotopic (exact) mass is 1530 g/mol. The van der Waals surface area contributed by atoms with Crippen LogP contribution in [0.25, 0.3) is 11.1 Å². The van der Waals surface area contributed by atoms with Crippen LogP contribution in [0.3, 0.4) is 0 Å². The van der Waals surface area contributed by atoms with E-state index in [0.29, 0.717) is 109 Å². The summed E-state index contributed by atoms with van der Waals surface area (Å²) in [5, 5.41) is 20.2. The number of halogens is 2. The number of rotatable bonds is 23. The van der Waals surface area contributed by atoms with Crippen molar-refractivity contribution in [2.24, 2.45) is 7.05 Å². The third-order valence-corrected chi connectivity index (χ3v) is 19.1. The number of aromatic nitrogens is 8. The van der Waals surface area contributed by atoms with Crippen molar-refractivity contribution >= 4 is 128 Å². The number of fused-ring (bicyclic) bond motifs is 3. The summed E-state index contributed by atoms with van der Waals surface area (Å²) in [5.41, 5.74) is 8.21. The Morgan fingerprint density at radius 2 is 0.991 bits per heavy atom. The fourth-order valence-electron chi connectivity index (χ4n) is 12.6. The van der Waals surface area contributed by atoms with Gasteiger partial charge in [0.25, 0.3) is 0 Å². The minimum Gasteiger partial charge on any atom is -0.497 e. The van der Waals surface area contributed by atoms with Crippen molar-refractivity contribution in [1.29, 1.82) is 0 Å². The Bertz CT molecular complexity index is 5020. The minimum atomic E-state index is -0.344. The number of nitrogens with zero attached hydrogens (tertiary/aromatic N) is 14. The second-order valence-electron chi connectivity index (χ2n) is 25.3. The molecule has 8 amide bonds. The lowest BCUT2D eigenvalue weighted by Crippen LogP contribution is -2.48. The smallest absolute Gasteiger partial charge is 0.330 e. The van der Waals surface area contributed by atoms with Crippen LogP contribution in [0, 0.1) is 0 Å². The number of nitrogens with one attached hydrogen (secondary N) is 5. The molecule has 2 unspecified atom stereocenters. The van der Waals surface area contributed by atoms with E-state index in [4.69, 9.17) is 51.6 Å². The number of allylic oxidation sites excluding steroid dienone is 1. The van der Waals surface area contributed by atoms with E-state index < -0.39 is 0 Å². The number of urea groups is 3. The van der Waals surface area contributed by atoms with Crippen LogP contribution in [0.4, 0.5) is 83.8 Å². The minimum absolute atomic E-state index is 0.0187. The third kappa shape index (κ3) is 17.3. The van der Waals surface area contributed by atoms with E-state index in [0.717, 1.165) is 53.5 Å². The summed E-state index contributed by atoms with van der Waals surface area (Å²) in [6.45, 7) is 11.3. The van der Waals surface area contributed by atoms with Gasteiger partial charge in [0, 0.05) is 142 Å². The standard InChI is InChI=1S/C29H29N7O4.C24H29ClN6O4.C24H23ClN6O4/c1-6-23(37)10-19-9-18(20-15-31-34(2)16-20)7-8-26(19)32-28-30-14-21-17-36(29(38)35(3)27(21)33-28)22-11-24(39-4)13-25(12-22)40-5;2*1-5-20(32)27-16-8-6-7-9-17(16)28-23-26-12-14-13-31(24(33)30(2)22(14)29-23)18-10-15(34-3)11-19(35-4)21(18)25/h6-9,11-16H,1,10,17H2,2-5H3,(H,30,32,33);5,10-12,16-17H,1,6-9,13H2,2-4H3,(H,27,32)(H,26,28,29);5-12H,1,13H2,2-4H3,(H,27,32)(H,26,28,29). The number of hydrogen-bond donors (Lipinski definition) is 5. The van der Waals surface area contributed by atoms with Crippen LogP contribution in [-0.2, 0) is 47.5 Å². The van der Waals surface area contributed by atoms with Gasteiger partial charge in [0.2, 0.25) is 29.7 Å². The van der Waals surface area contributed by atoms with Crippen LogP contribution in [0.2, 0.25) is 10.0 Å². The van der Waals surface area contributed by atoms with Gasteiger partial charge in [0.1, 0.15) is 62.0 Å². The number of aryl methyl sites for hydroxylation is 1. The second kappa shape index (κ2) is 34.7. The lowest BCUT2D eigenvalue weighted by molar-refractivity contribution is -0.117. The van der Waals surface area contributed by atoms with E-state index in [2.05, 4.69) is 81.3 Å². The molecule has 1 aliphatic carbocycles. The van der Waals surface area contributed by atoms with Crippen molar-refractivity contribution in [3.8, 4) is 45.6 Å². The van der Waals surface area contributed by atoms with Crippen molar-refractivity contribution < 1.29 is 57.2 Å². The lowest BCUT2D eigenvalue weighted by Gasteiger charge is -2.35. The number of ketones is 1. The summed E-state index contributed by atoms with van der Waals surface area (Å²) < 4.78 is 33.8. The quantitative estimate of drug-likeness (QED) is 0.0371. The van der Waals surface area contributed by atoms with Crippen LogP contribution in [-0.4, -0.2) is 151 Å². The largest absolute Gasteiger partial charge is 0.497 e. The molecule has 2 atom stereocenters. The predicted molar refractivity (Wildman–Crippen MR) is 422 cm³/mol. The molecule has 0 spiro atoms. The maximum Gasteiger partial charge on any atom is 0.330 e. The van der Waals surface area contributed by atoms with E-state index >= 15 is 0 Å². The Labute approximate surface area is 644 Å². The highest BCUT2D eigenvalue weighted by atomic mass is 35.5. The van der Waals surface area contributed by atoms with E-state index in [1.54, 1.807) is 130 Å². The summed E-state index contributed by atoms with van der Waals surface area (Å²) in [4.78, 5) is 112. The van der Waals surface area contributed by atoms with Crippen molar-refractivity contribution in [2.75, 3.05) is 114 Å². The zero-order valence-electron chi connectivity index (χ0n) is 62.1. The molecule has 9 aromatic rings. The fraction of sp³-hybridized carbons (Fsp3) is 0.260. The Morgan fingerprint density at radius 3 is 1.48 bits per heavy atom. The maximum atomic E-state index is 13.4. The first-order valence-corrected chi connectivity index (χ1v) is 35.1. The summed E-state index contributed by atoms with van der Waals surface area (Å²) in [6.07, 6.45) is 16.4. The molecule has 1 saturated carbocycles. The number of carbonyl (C=O) groups is 6. The van der Waals surface area contributed by atoms with Gasteiger partial charge in [-0.25, -0.2) is 29.3 Å². The van der Waals surface area contributed by atoms with E-state index in [1.807, 2.05) is 37.5 Å². The Kier molecular flexibility index (Phi) is 24.6. The average molecular weight is 1540 g/mol. The molecule has 0 bridgehead atoms. The molecule has 7 heterocycles. The first kappa shape index (κ1) is 78.1. The van der Waals surface area contributed by atoms with Crippen LogP contribution in [0.5, 0.6) is 34.5 Å². The van der Waals surface area contributed by atoms with Gasteiger partial charge in [0.15, 0.2) is 5.78 Å². The highest BCUT2D eigenvalue weighted by Gasteiger charge is 2.37. The molecular formula is C77H81Cl2N19O12. The van der Waals surface area contributed by atoms with Crippen molar-refractivity contribution in [2.45, 2.75) is 63.8 Å². The Morgan fingerprint density at radius 1 is 0.518 bits per heavy atom. The zero-order chi connectivity index (χ0) is 78.6. The summed E-state index contributed by atoms with van der Waals surface area (Å²) >= 11 is 13.1. The Balaban J connectivity index is 0.000000164. The van der Waals surface area contributed by atoms with E-state index in [-0.39, 0.29) is 84.8 Å². The number of methoxy groups -OCH3 is 6. The molecule has 1 fully saturated rings. The molecule has 3 aliphatic heterocycles. The molecule has 5 aromatic carbocycles. The highest BCUT2D eigenvalue weighted by molar-refractivity contribution is 6.36. The molecule has 31 nitrogen and oxygen atoms in total. The van der Waals surface area contributed by atoms with Crippen molar-refractivity contribution in [3.05, 3.63) is 186 Å². The summed E-state index contributed by atoms with van der Waals surface area (Å²) in [6, 6.07) is 23.9. The second-order valence-corrected chi connectivity index (χ2v) is 26.0. The van der Waals surface area contributed by atoms with Gasteiger partial charge in [-0.1, -0.05) is 74.0 Å². The molecule has 4 aromatic heterocycles. The highest BCUT2D eigenvalue weighted by Crippen LogP contribution is 2.45. The molecular weight excluding hydrogens is 1450 g/mol. The molecule has 0 radical (unpaired) electrons. The normalized spacial score (nSPS) is 14.9. The molecule has 13 rings (SSSR count). The van der Waals surface area contributed by atoms with Crippen molar-refractivity contribution in [3.63, 3.8) is 0 Å². The molecule has 110 heavy (non-hydrogen) atoms. The molecule has 0 saturated heterocycles. The predicted octanol–water partition coefficient (Wildman–Crippen LogP) is 12.9. The molecule has 5 N–H and O–H groups in total. The van der Waals surface area contributed by atoms with Gasteiger partial charge in [-0.2, -0.15) is 20.1 Å². The number of hydrogen-bond acceptors (Lipinski definition) is 22. The fourth-order valence-corrected chi connectivity index (χ4v) is 13.1. The average Bonchev–Trinajstić information content (AvgIpc) is 0.823. The van der Waals surface area contributed by atoms with Crippen LogP contribution in [0.1, 0.15) is 47.9 Å². The maximum absolute atomic E-state index is 13.4. The van der Waals surface area contributed by atoms with Crippen LogP contribution in [0.15, 0.2) is 154 Å². The van der Waals surface area contributed by atoms with Gasteiger partial charge in [-0.15, -0.1) is 0 Å². The third-order valence-electron chi connectivity index (χ3n) is 18.3. The zero-order valence-corrected chi connectivity index (χ0v) is 63.6. The molecule has 33 heteroatoms. The summed E-state index contributed by atoms with van der Waals surface area (Å²) in [5.74, 6) is 4.72. The lowest BCUT2D eigenvalue weighted by atomic mass is 9.90. The number of para-hydroxylation sites is 2. The number of benzene rings is 5. The summed E-state index contributed by atoms with van der Waals surface area (Å²) in [7, 11) is 16.0. The number of ether oxygens (including phenoxy) is 6. The van der Waals surface area contributed by atoms with Gasteiger partial charge >= 0.3 is 18.1 Å². The Hall–Kier alpha value is -13.0. The molecule has 570 valence electrons. The van der Waals surface area contributed by atoms with E-state index in [9.17, 15) is 28.8 Å². The van der Waals surface area contributed by atoms with Gasteiger partial charge in [0.05, 0.1) is 96.9 Å². The number of anilines is 12. The first-order valence-electron chi connectivity index (χ1n) is 34.3. The molecule has 4 aliphatic rings. The van der Waals surface area contributed by atoms with Crippen LogP contribution >= 0.6 is 23.2 Å². The topological polar surface area (TPSA) is 333 Å². The van der Waals surface area contributed by atoms with Gasteiger partial charge < -0.3 is 55.0 Å². The number of carbonyl (C=O) groups excluding carboxylic acids is 6. The first-order chi connectivity index (χ1) is 53.0. The number of amides is 8. The van der Waals surface area contributed by atoms with Crippen LogP contribution < -0.4 is 84.4 Å². The van der Waals surface area contributed by atoms with Gasteiger partial charge in [-0.05, 0) is 66.5 Å². The van der Waals surface area contributed by atoms with Crippen molar-refractivity contribution in [1.82, 2.24) is 45.0 Å². The van der Waals surface area contributed by atoms with Gasteiger partial charge in [-0.3, -0.25) is 48.5 Å². The van der Waals surface area contributed by atoms with E-state index in [1.165, 1.54) is 71.2 Å².